The zero-order valence-corrected chi connectivity index (χ0v) is 14.9. The van der Waals surface area contributed by atoms with Crippen LogP contribution in [-0.4, -0.2) is 65.7 Å². The third-order valence-corrected chi connectivity index (χ3v) is 4.80. The highest BCUT2D eigenvalue weighted by molar-refractivity contribution is 5.97. The van der Waals surface area contributed by atoms with Crippen LogP contribution in [0.5, 0.6) is 0 Å². The van der Waals surface area contributed by atoms with Gasteiger partial charge in [0.25, 0.3) is 5.91 Å². The van der Waals surface area contributed by atoms with Gasteiger partial charge in [0.1, 0.15) is 11.0 Å². The highest BCUT2D eigenvalue weighted by Crippen LogP contribution is 2.23. The molecule has 0 aliphatic carbocycles. The van der Waals surface area contributed by atoms with E-state index in [0.29, 0.717) is 43.6 Å². The Morgan fingerprint density at radius 2 is 2.15 bits per heavy atom. The molecule has 1 aromatic carbocycles. The van der Waals surface area contributed by atoms with Crippen LogP contribution in [0.2, 0.25) is 0 Å². The Kier molecular flexibility index (Phi) is 4.30. The zero-order valence-electron chi connectivity index (χ0n) is 14.9. The third kappa shape index (κ3) is 3.64. The SMILES string of the molecule is CC1(NC(=O)CCn2ccnn2)CCN(C(=O)c2ccc3n[nH]nc3c2)C1. The molecular weight excluding hydrogens is 348 g/mol. The molecule has 0 saturated carbocycles. The summed E-state index contributed by atoms with van der Waals surface area (Å²) < 4.78 is 1.62. The average Bonchev–Trinajstić information content (AvgIpc) is 3.39. The summed E-state index contributed by atoms with van der Waals surface area (Å²) in [6, 6.07) is 5.25. The van der Waals surface area contributed by atoms with E-state index in [1.54, 1.807) is 40.2 Å². The lowest BCUT2D eigenvalue weighted by molar-refractivity contribution is -0.123. The summed E-state index contributed by atoms with van der Waals surface area (Å²) in [6.07, 6.45) is 4.32. The molecule has 4 rings (SSSR count). The van der Waals surface area contributed by atoms with Crippen LogP contribution in [0.15, 0.2) is 30.6 Å². The molecule has 10 heteroatoms. The van der Waals surface area contributed by atoms with Crippen molar-refractivity contribution in [3.05, 3.63) is 36.2 Å². The summed E-state index contributed by atoms with van der Waals surface area (Å²) in [4.78, 5) is 26.8. The molecule has 2 aromatic heterocycles. The minimum absolute atomic E-state index is 0.0636. The number of aromatic nitrogens is 6. The van der Waals surface area contributed by atoms with Crippen molar-refractivity contribution in [1.29, 1.82) is 0 Å². The molecule has 140 valence electrons. The summed E-state index contributed by atoms with van der Waals surface area (Å²) in [7, 11) is 0. The van der Waals surface area contributed by atoms with Crippen LogP contribution in [0.25, 0.3) is 11.0 Å². The first kappa shape index (κ1) is 17.1. The first-order valence-electron chi connectivity index (χ1n) is 8.77. The summed E-state index contributed by atoms with van der Waals surface area (Å²) in [6.45, 7) is 3.50. The quantitative estimate of drug-likeness (QED) is 0.671. The Labute approximate surface area is 154 Å². The Bertz CT molecular complexity index is 966. The molecule has 1 atom stereocenters. The van der Waals surface area contributed by atoms with Crippen LogP contribution in [-0.2, 0) is 11.3 Å². The highest BCUT2D eigenvalue weighted by atomic mass is 16.2. The maximum Gasteiger partial charge on any atom is 0.254 e. The van der Waals surface area contributed by atoms with Crippen LogP contribution >= 0.6 is 0 Å². The first-order valence-corrected chi connectivity index (χ1v) is 8.77. The lowest BCUT2D eigenvalue weighted by Gasteiger charge is -2.26. The Hall–Kier alpha value is -3.30. The molecule has 2 amide bonds. The van der Waals surface area contributed by atoms with E-state index in [2.05, 4.69) is 31.0 Å². The van der Waals surface area contributed by atoms with Crippen molar-refractivity contribution in [3.63, 3.8) is 0 Å². The zero-order chi connectivity index (χ0) is 18.9. The van der Waals surface area contributed by atoms with Crippen molar-refractivity contribution in [2.45, 2.75) is 31.8 Å². The van der Waals surface area contributed by atoms with E-state index in [1.807, 2.05) is 6.92 Å². The molecule has 3 aromatic rings. The second kappa shape index (κ2) is 6.78. The van der Waals surface area contributed by atoms with Crippen molar-refractivity contribution < 1.29 is 9.59 Å². The molecule has 1 fully saturated rings. The number of nitrogens with zero attached hydrogens (tertiary/aromatic N) is 6. The summed E-state index contributed by atoms with van der Waals surface area (Å²) in [5.41, 5.74) is 1.51. The summed E-state index contributed by atoms with van der Waals surface area (Å²) in [5.74, 6) is -0.133. The molecule has 1 aliphatic rings. The first-order chi connectivity index (χ1) is 13.0. The smallest absolute Gasteiger partial charge is 0.254 e. The van der Waals surface area contributed by atoms with E-state index in [1.165, 1.54) is 0 Å². The predicted octanol–water partition coefficient (Wildman–Crippen LogP) is 0.360. The fourth-order valence-corrected chi connectivity index (χ4v) is 3.36. The standard InChI is InChI=1S/C17H20N8O2/c1-17(19-15(26)4-7-25-9-6-18-23-25)5-8-24(11-17)16(27)12-2-3-13-14(10-12)21-22-20-13/h2-3,6,9-10H,4-5,7-8,11H2,1H3,(H,19,26)(H,20,21,22). The number of fused-ring (bicyclic) bond motifs is 1. The van der Waals surface area contributed by atoms with E-state index in [9.17, 15) is 9.59 Å². The van der Waals surface area contributed by atoms with Crippen LogP contribution in [0.1, 0.15) is 30.1 Å². The van der Waals surface area contributed by atoms with Gasteiger partial charge >= 0.3 is 0 Å². The maximum atomic E-state index is 12.8. The number of benzene rings is 1. The second-order valence-electron chi connectivity index (χ2n) is 7.03. The molecule has 27 heavy (non-hydrogen) atoms. The maximum absolute atomic E-state index is 12.8. The van der Waals surface area contributed by atoms with E-state index >= 15 is 0 Å². The molecular formula is C17H20N8O2. The van der Waals surface area contributed by atoms with Crippen LogP contribution in [0.3, 0.4) is 0 Å². The van der Waals surface area contributed by atoms with Crippen LogP contribution < -0.4 is 5.32 Å². The van der Waals surface area contributed by atoms with Gasteiger partial charge in [-0.05, 0) is 31.5 Å². The average molecular weight is 368 g/mol. The van der Waals surface area contributed by atoms with Gasteiger partial charge in [-0.25, -0.2) is 0 Å². The van der Waals surface area contributed by atoms with Gasteiger partial charge in [-0.3, -0.25) is 14.3 Å². The van der Waals surface area contributed by atoms with E-state index in [-0.39, 0.29) is 11.8 Å². The number of aryl methyl sites for hydroxylation is 1. The largest absolute Gasteiger partial charge is 0.349 e. The number of carbonyl (C=O) groups is 2. The topological polar surface area (TPSA) is 122 Å². The van der Waals surface area contributed by atoms with Gasteiger partial charge in [0.05, 0.1) is 18.3 Å². The van der Waals surface area contributed by atoms with Crippen molar-refractivity contribution in [2.24, 2.45) is 0 Å². The van der Waals surface area contributed by atoms with Crippen molar-refractivity contribution in [3.8, 4) is 0 Å². The van der Waals surface area contributed by atoms with Gasteiger partial charge in [-0.2, -0.15) is 15.4 Å². The molecule has 0 spiro atoms. The number of carbonyl (C=O) groups excluding carboxylic acids is 2. The molecule has 1 aliphatic heterocycles. The van der Waals surface area contributed by atoms with Gasteiger partial charge in [-0.15, -0.1) is 5.10 Å². The van der Waals surface area contributed by atoms with Gasteiger partial charge in [0.15, 0.2) is 0 Å². The van der Waals surface area contributed by atoms with Crippen molar-refractivity contribution >= 4 is 22.8 Å². The number of amides is 2. The number of nitrogens with one attached hydrogen (secondary N) is 2. The minimum Gasteiger partial charge on any atom is -0.349 e. The van der Waals surface area contributed by atoms with E-state index < -0.39 is 5.54 Å². The second-order valence-corrected chi connectivity index (χ2v) is 7.03. The molecule has 1 saturated heterocycles. The number of rotatable bonds is 5. The number of hydrogen-bond acceptors (Lipinski definition) is 6. The molecule has 10 nitrogen and oxygen atoms in total. The van der Waals surface area contributed by atoms with Crippen LogP contribution in [0.4, 0.5) is 0 Å². The minimum atomic E-state index is -0.437. The number of H-pyrrole nitrogens is 1. The Morgan fingerprint density at radius 3 is 2.96 bits per heavy atom. The fraction of sp³-hybridized carbons (Fsp3) is 0.412. The summed E-state index contributed by atoms with van der Waals surface area (Å²) in [5, 5.41) is 21.2. The van der Waals surface area contributed by atoms with Gasteiger partial charge in [0, 0.05) is 31.3 Å². The normalized spacial score (nSPS) is 19.5. The van der Waals surface area contributed by atoms with Crippen LogP contribution in [0, 0.1) is 0 Å². The lowest BCUT2D eigenvalue weighted by atomic mass is 10.0. The van der Waals surface area contributed by atoms with E-state index in [0.717, 1.165) is 5.52 Å². The van der Waals surface area contributed by atoms with Gasteiger partial charge in [0.2, 0.25) is 5.91 Å². The highest BCUT2D eigenvalue weighted by Gasteiger charge is 2.37. The van der Waals surface area contributed by atoms with Crippen molar-refractivity contribution in [2.75, 3.05) is 13.1 Å². The van der Waals surface area contributed by atoms with E-state index in [4.69, 9.17) is 0 Å². The molecule has 1 unspecified atom stereocenters. The fourth-order valence-electron chi connectivity index (χ4n) is 3.36. The Morgan fingerprint density at radius 1 is 1.30 bits per heavy atom. The number of aromatic amines is 1. The Balaban J connectivity index is 1.36. The molecule has 2 N–H and O–H groups in total. The van der Waals surface area contributed by atoms with Crippen molar-refractivity contribution in [1.82, 2.24) is 40.6 Å². The molecule has 0 radical (unpaired) electrons. The lowest BCUT2D eigenvalue weighted by Crippen LogP contribution is -2.48. The third-order valence-electron chi connectivity index (χ3n) is 4.80. The number of hydrogen-bond donors (Lipinski definition) is 2. The monoisotopic (exact) mass is 368 g/mol. The van der Waals surface area contributed by atoms with Gasteiger partial charge in [-0.1, -0.05) is 5.21 Å². The predicted molar refractivity (Wildman–Crippen MR) is 95.6 cm³/mol. The molecule has 0 bridgehead atoms. The molecule has 3 heterocycles. The van der Waals surface area contributed by atoms with Gasteiger partial charge < -0.3 is 10.2 Å². The summed E-state index contributed by atoms with van der Waals surface area (Å²) >= 11 is 0. The number of likely N-dealkylation sites (tertiary alicyclic amines) is 1.